The maximum absolute atomic E-state index is 11.8. The van der Waals surface area contributed by atoms with Crippen molar-refractivity contribution in [3.63, 3.8) is 0 Å². The number of hydrogen-bond acceptors (Lipinski definition) is 4. The highest BCUT2D eigenvalue weighted by atomic mass is 35.5. The van der Waals surface area contributed by atoms with Gasteiger partial charge in [-0.2, -0.15) is 0 Å². The van der Waals surface area contributed by atoms with Crippen molar-refractivity contribution in [1.29, 1.82) is 0 Å². The highest BCUT2D eigenvalue weighted by molar-refractivity contribution is 6.32. The highest BCUT2D eigenvalue weighted by Gasteiger charge is 2.11. The molecule has 110 valence electrons. The fourth-order valence-corrected chi connectivity index (χ4v) is 1.99. The number of nitrogens with zero attached hydrogens (tertiary/aromatic N) is 2. The summed E-state index contributed by atoms with van der Waals surface area (Å²) in [4.78, 5) is 34.9. The van der Waals surface area contributed by atoms with Crippen molar-refractivity contribution in [3.8, 4) is 5.75 Å². The number of aromatic nitrogens is 2. The van der Waals surface area contributed by atoms with E-state index in [1.807, 2.05) is 6.92 Å². The van der Waals surface area contributed by atoms with Crippen LogP contribution in [0.25, 0.3) is 0 Å². The second-order valence-electron chi connectivity index (χ2n) is 4.53. The van der Waals surface area contributed by atoms with Gasteiger partial charge in [-0.25, -0.2) is 9.59 Å². The monoisotopic (exact) mass is 308 g/mol. The number of halogens is 1. The summed E-state index contributed by atoms with van der Waals surface area (Å²) in [6.45, 7) is 1.55. The minimum atomic E-state index is -0.651. The van der Waals surface area contributed by atoms with Crippen molar-refractivity contribution in [3.05, 3.63) is 61.9 Å². The fraction of sp³-hybridized carbons (Fsp3) is 0.214. The van der Waals surface area contributed by atoms with Crippen molar-refractivity contribution in [2.75, 3.05) is 0 Å². The molecule has 0 aliphatic rings. The van der Waals surface area contributed by atoms with Crippen molar-refractivity contribution in [2.24, 2.45) is 7.05 Å². The van der Waals surface area contributed by atoms with E-state index in [0.717, 1.165) is 14.7 Å². The van der Waals surface area contributed by atoms with Gasteiger partial charge >= 0.3 is 11.7 Å². The first-order chi connectivity index (χ1) is 9.88. The third-order valence-electron chi connectivity index (χ3n) is 2.87. The first-order valence-corrected chi connectivity index (χ1v) is 6.49. The molecule has 0 saturated heterocycles. The average Bonchev–Trinajstić information content (AvgIpc) is 2.43. The number of rotatable bonds is 3. The fourth-order valence-electron chi connectivity index (χ4n) is 1.72. The van der Waals surface area contributed by atoms with E-state index in [0.29, 0.717) is 5.02 Å². The lowest BCUT2D eigenvalue weighted by Gasteiger charge is -2.09. The second-order valence-corrected chi connectivity index (χ2v) is 4.94. The van der Waals surface area contributed by atoms with Crippen molar-refractivity contribution in [1.82, 2.24) is 9.13 Å². The average molecular weight is 309 g/mol. The van der Waals surface area contributed by atoms with Crippen LogP contribution in [0.3, 0.4) is 0 Å². The predicted molar refractivity (Wildman–Crippen MR) is 77.8 cm³/mol. The maximum Gasteiger partial charge on any atom is 0.331 e. The number of esters is 1. The van der Waals surface area contributed by atoms with Crippen molar-refractivity contribution < 1.29 is 9.53 Å². The Hall–Kier alpha value is -2.34. The van der Waals surface area contributed by atoms with Crippen LogP contribution in [-0.4, -0.2) is 15.1 Å². The Labute approximate surface area is 125 Å². The minimum Gasteiger partial charge on any atom is -0.424 e. The second kappa shape index (κ2) is 5.97. The Morgan fingerprint density at radius 1 is 1.29 bits per heavy atom. The van der Waals surface area contributed by atoms with Crippen LogP contribution in [0.15, 0.2) is 40.1 Å². The van der Waals surface area contributed by atoms with Gasteiger partial charge in [0.1, 0.15) is 12.3 Å². The van der Waals surface area contributed by atoms with Gasteiger partial charge in [-0.15, -0.1) is 0 Å². The van der Waals surface area contributed by atoms with Crippen LogP contribution in [0.2, 0.25) is 5.02 Å². The molecular formula is C14H13ClN2O4. The van der Waals surface area contributed by atoms with E-state index in [4.69, 9.17) is 16.3 Å². The lowest BCUT2D eigenvalue weighted by molar-refractivity contribution is -0.135. The summed E-state index contributed by atoms with van der Waals surface area (Å²) in [6, 6.07) is 6.21. The van der Waals surface area contributed by atoms with Gasteiger partial charge in [0.15, 0.2) is 0 Å². The molecule has 0 N–H and O–H groups in total. The molecule has 2 rings (SSSR count). The molecule has 1 aromatic carbocycles. The molecule has 0 fully saturated rings. The molecule has 2 aromatic rings. The Kier molecular flexibility index (Phi) is 4.28. The van der Waals surface area contributed by atoms with E-state index in [-0.39, 0.29) is 12.3 Å². The summed E-state index contributed by atoms with van der Waals surface area (Å²) in [5.41, 5.74) is -0.0882. The number of aryl methyl sites for hydroxylation is 1. The molecular weight excluding hydrogens is 296 g/mol. The normalized spacial score (nSPS) is 10.4. The SMILES string of the molecule is Cc1ccc(OC(=O)Cn2ccc(=O)n(C)c2=O)c(Cl)c1. The Morgan fingerprint density at radius 2 is 2.00 bits per heavy atom. The third-order valence-corrected chi connectivity index (χ3v) is 3.17. The lowest BCUT2D eigenvalue weighted by Crippen LogP contribution is -2.38. The van der Waals surface area contributed by atoms with E-state index < -0.39 is 17.2 Å². The van der Waals surface area contributed by atoms with Crippen LogP contribution in [0.5, 0.6) is 5.75 Å². The number of ether oxygens (including phenoxy) is 1. The molecule has 1 aromatic heterocycles. The smallest absolute Gasteiger partial charge is 0.331 e. The number of carbonyl (C=O) groups is 1. The third kappa shape index (κ3) is 3.41. The first-order valence-electron chi connectivity index (χ1n) is 6.12. The molecule has 0 spiro atoms. The van der Waals surface area contributed by atoms with Crippen LogP contribution >= 0.6 is 11.6 Å². The van der Waals surface area contributed by atoms with E-state index in [1.165, 1.54) is 19.3 Å². The number of benzene rings is 1. The molecule has 1 heterocycles. The zero-order valence-electron chi connectivity index (χ0n) is 11.5. The largest absolute Gasteiger partial charge is 0.424 e. The van der Waals surface area contributed by atoms with E-state index in [9.17, 15) is 14.4 Å². The first kappa shape index (κ1) is 15.1. The molecule has 0 radical (unpaired) electrons. The molecule has 0 aliphatic heterocycles. The molecule has 0 saturated carbocycles. The summed E-state index contributed by atoms with van der Waals surface area (Å²) >= 11 is 5.96. The topological polar surface area (TPSA) is 70.3 Å². The van der Waals surface area contributed by atoms with Gasteiger partial charge in [0.25, 0.3) is 5.56 Å². The van der Waals surface area contributed by atoms with Gasteiger partial charge in [0.2, 0.25) is 0 Å². The van der Waals surface area contributed by atoms with Gasteiger partial charge in [0.05, 0.1) is 5.02 Å². The summed E-state index contributed by atoms with van der Waals surface area (Å²) in [5.74, 6) is -0.424. The molecule has 0 aliphatic carbocycles. The van der Waals surface area contributed by atoms with E-state index in [2.05, 4.69) is 0 Å². The molecule has 0 bridgehead atoms. The van der Waals surface area contributed by atoms with Gasteiger partial charge in [-0.05, 0) is 24.6 Å². The lowest BCUT2D eigenvalue weighted by atomic mass is 10.2. The van der Waals surface area contributed by atoms with E-state index in [1.54, 1.807) is 18.2 Å². The van der Waals surface area contributed by atoms with Crippen LogP contribution in [-0.2, 0) is 18.4 Å². The zero-order chi connectivity index (χ0) is 15.6. The van der Waals surface area contributed by atoms with Crippen LogP contribution < -0.4 is 16.0 Å². The van der Waals surface area contributed by atoms with Crippen molar-refractivity contribution >= 4 is 17.6 Å². The maximum atomic E-state index is 11.8. The molecule has 0 atom stereocenters. The molecule has 0 unspecified atom stereocenters. The number of hydrogen-bond donors (Lipinski definition) is 0. The predicted octanol–water partition coefficient (Wildman–Crippen LogP) is 1.11. The highest BCUT2D eigenvalue weighted by Crippen LogP contribution is 2.25. The van der Waals surface area contributed by atoms with Crippen LogP contribution in [0.4, 0.5) is 0 Å². The molecule has 21 heavy (non-hydrogen) atoms. The Balaban J connectivity index is 2.18. The molecule has 0 amide bonds. The van der Waals surface area contributed by atoms with Gasteiger partial charge in [-0.1, -0.05) is 17.7 Å². The summed E-state index contributed by atoms with van der Waals surface area (Å²) in [7, 11) is 1.34. The van der Waals surface area contributed by atoms with Gasteiger partial charge < -0.3 is 4.74 Å². The van der Waals surface area contributed by atoms with Gasteiger partial charge in [-0.3, -0.25) is 13.9 Å². The summed E-state index contributed by atoms with van der Waals surface area (Å²) < 4.78 is 7.11. The molecule has 7 heteroatoms. The molecule has 6 nitrogen and oxygen atoms in total. The van der Waals surface area contributed by atoms with Crippen LogP contribution in [0.1, 0.15) is 5.56 Å². The van der Waals surface area contributed by atoms with Gasteiger partial charge in [0, 0.05) is 19.3 Å². The summed E-state index contributed by atoms with van der Waals surface area (Å²) in [5, 5.41) is 0.316. The summed E-state index contributed by atoms with van der Waals surface area (Å²) in [6.07, 6.45) is 1.25. The quantitative estimate of drug-likeness (QED) is 0.629. The Morgan fingerprint density at radius 3 is 2.67 bits per heavy atom. The zero-order valence-corrected chi connectivity index (χ0v) is 12.3. The van der Waals surface area contributed by atoms with Crippen molar-refractivity contribution in [2.45, 2.75) is 13.5 Å². The van der Waals surface area contributed by atoms with Crippen LogP contribution in [0, 0.1) is 6.92 Å². The number of carbonyl (C=O) groups excluding carboxylic acids is 1. The van der Waals surface area contributed by atoms with E-state index >= 15 is 0 Å². The standard InChI is InChI=1S/C14H13ClN2O4/c1-9-3-4-11(10(15)7-9)21-13(19)8-17-6-5-12(18)16(2)14(17)20/h3-7H,8H2,1-2H3. The minimum absolute atomic E-state index is 0.227. The Bertz CT molecular complexity index is 807.